The monoisotopic (exact) mass is 309 g/mol. The van der Waals surface area contributed by atoms with Crippen LogP contribution in [0.25, 0.3) is 0 Å². The topological polar surface area (TPSA) is 70.2 Å². The van der Waals surface area contributed by atoms with E-state index in [9.17, 15) is 9.59 Å². The molecule has 1 aliphatic heterocycles. The molecular weight excluding hydrogens is 290 g/mol. The van der Waals surface area contributed by atoms with Crippen molar-refractivity contribution in [1.29, 1.82) is 0 Å². The van der Waals surface area contributed by atoms with E-state index in [0.29, 0.717) is 22.3 Å². The van der Waals surface area contributed by atoms with Gasteiger partial charge in [-0.05, 0) is 44.5 Å². The van der Waals surface area contributed by atoms with Crippen molar-refractivity contribution in [3.05, 3.63) is 28.8 Å². The Labute approximate surface area is 129 Å². The number of hydrogen-bond acceptors (Lipinski definition) is 3. The van der Waals surface area contributed by atoms with Crippen molar-refractivity contribution in [1.82, 2.24) is 10.6 Å². The first-order valence-corrected chi connectivity index (χ1v) is 7.45. The third kappa shape index (κ3) is 3.95. The van der Waals surface area contributed by atoms with E-state index in [1.54, 1.807) is 25.2 Å². The summed E-state index contributed by atoms with van der Waals surface area (Å²) >= 11 is 5.92. The zero-order chi connectivity index (χ0) is 15.4. The molecule has 2 atom stereocenters. The van der Waals surface area contributed by atoms with Crippen molar-refractivity contribution in [2.45, 2.75) is 25.8 Å². The highest BCUT2D eigenvalue weighted by atomic mass is 35.5. The van der Waals surface area contributed by atoms with Crippen LogP contribution in [0.15, 0.2) is 18.2 Å². The fourth-order valence-corrected chi connectivity index (χ4v) is 2.72. The van der Waals surface area contributed by atoms with Gasteiger partial charge in [0.05, 0.1) is 11.3 Å². The van der Waals surface area contributed by atoms with Gasteiger partial charge in [-0.15, -0.1) is 0 Å². The van der Waals surface area contributed by atoms with Crippen LogP contribution in [0.3, 0.4) is 0 Å². The SMILES string of the molecule is CNC(=O)c1cc(Cl)ccc1NC(=O)[C@H]1CCN[C@@H](C)C1. The number of piperidine rings is 1. The van der Waals surface area contributed by atoms with Crippen molar-refractivity contribution in [2.75, 3.05) is 18.9 Å². The van der Waals surface area contributed by atoms with Gasteiger partial charge in [-0.2, -0.15) is 0 Å². The first kappa shape index (κ1) is 15.8. The van der Waals surface area contributed by atoms with Gasteiger partial charge in [-0.25, -0.2) is 0 Å². The average molecular weight is 310 g/mol. The lowest BCUT2D eigenvalue weighted by Crippen LogP contribution is -2.40. The van der Waals surface area contributed by atoms with Gasteiger partial charge in [0.2, 0.25) is 5.91 Å². The van der Waals surface area contributed by atoms with Crippen LogP contribution in [0, 0.1) is 5.92 Å². The fraction of sp³-hybridized carbons (Fsp3) is 0.467. The van der Waals surface area contributed by atoms with Crippen LogP contribution in [-0.2, 0) is 4.79 Å². The molecule has 0 saturated carbocycles. The van der Waals surface area contributed by atoms with Crippen LogP contribution in [0.4, 0.5) is 5.69 Å². The minimum absolute atomic E-state index is 0.0329. The highest BCUT2D eigenvalue weighted by Crippen LogP contribution is 2.23. The van der Waals surface area contributed by atoms with Crippen molar-refractivity contribution in [2.24, 2.45) is 5.92 Å². The molecule has 21 heavy (non-hydrogen) atoms. The van der Waals surface area contributed by atoms with Gasteiger partial charge in [0.25, 0.3) is 5.91 Å². The number of amides is 2. The summed E-state index contributed by atoms with van der Waals surface area (Å²) in [6.07, 6.45) is 1.60. The van der Waals surface area contributed by atoms with Crippen LogP contribution in [0.2, 0.25) is 5.02 Å². The Morgan fingerprint density at radius 1 is 1.38 bits per heavy atom. The Morgan fingerprint density at radius 3 is 2.81 bits per heavy atom. The van der Waals surface area contributed by atoms with Crippen molar-refractivity contribution >= 4 is 29.1 Å². The maximum atomic E-state index is 12.4. The molecule has 2 amide bonds. The quantitative estimate of drug-likeness (QED) is 0.800. The minimum Gasteiger partial charge on any atom is -0.355 e. The van der Waals surface area contributed by atoms with Crippen LogP contribution in [0.1, 0.15) is 30.1 Å². The molecule has 3 N–H and O–H groups in total. The van der Waals surface area contributed by atoms with Gasteiger partial charge in [-0.1, -0.05) is 11.6 Å². The smallest absolute Gasteiger partial charge is 0.253 e. The third-order valence-corrected chi connectivity index (χ3v) is 3.94. The van der Waals surface area contributed by atoms with Gasteiger partial charge in [0.15, 0.2) is 0 Å². The predicted octanol–water partition coefficient (Wildman–Crippen LogP) is 2.03. The number of nitrogens with one attached hydrogen (secondary N) is 3. The summed E-state index contributed by atoms with van der Waals surface area (Å²) in [5.74, 6) is -0.350. The molecule has 1 aromatic rings. The molecule has 5 nitrogen and oxygen atoms in total. The predicted molar refractivity (Wildman–Crippen MR) is 83.7 cm³/mol. The van der Waals surface area contributed by atoms with E-state index in [-0.39, 0.29) is 17.7 Å². The second-order valence-electron chi connectivity index (χ2n) is 5.33. The van der Waals surface area contributed by atoms with Crippen LogP contribution >= 0.6 is 11.6 Å². The Kier molecular flexibility index (Phi) is 5.20. The molecular formula is C15H20ClN3O2. The lowest BCUT2D eigenvalue weighted by atomic mass is 9.92. The van der Waals surface area contributed by atoms with E-state index in [0.717, 1.165) is 19.4 Å². The molecule has 1 heterocycles. The van der Waals surface area contributed by atoms with E-state index in [1.165, 1.54) is 0 Å². The summed E-state index contributed by atoms with van der Waals surface area (Å²) in [4.78, 5) is 24.2. The molecule has 0 radical (unpaired) electrons. The number of carbonyl (C=O) groups is 2. The highest BCUT2D eigenvalue weighted by Gasteiger charge is 2.25. The van der Waals surface area contributed by atoms with Gasteiger partial charge >= 0.3 is 0 Å². The summed E-state index contributed by atoms with van der Waals surface area (Å²) < 4.78 is 0. The van der Waals surface area contributed by atoms with E-state index in [4.69, 9.17) is 11.6 Å². The third-order valence-electron chi connectivity index (χ3n) is 3.71. The Hall–Kier alpha value is -1.59. The standard InChI is InChI=1S/C15H20ClN3O2/c1-9-7-10(5-6-18-9)14(20)19-13-4-3-11(16)8-12(13)15(21)17-2/h3-4,8-10,18H,5-7H2,1-2H3,(H,17,21)(H,19,20)/t9-,10-/m0/s1. The summed E-state index contributed by atoms with van der Waals surface area (Å²) in [5, 5.41) is 9.18. The number of rotatable bonds is 3. The Bertz CT molecular complexity index is 548. The Balaban J connectivity index is 2.15. The number of hydrogen-bond donors (Lipinski definition) is 3. The number of halogens is 1. The summed E-state index contributed by atoms with van der Waals surface area (Å²) in [5.41, 5.74) is 0.871. The number of anilines is 1. The molecule has 6 heteroatoms. The molecule has 0 bridgehead atoms. The summed E-state index contributed by atoms with van der Waals surface area (Å²) in [7, 11) is 1.54. The van der Waals surface area contributed by atoms with Gasteiger partial charge in [0, 0.05) is 24.0 Å². The second-order valence-corrected chi connectivity index (χ2v) is 5.77. The lowest BCUT2D eigenvalue weighted by Gasteiger charge is -2.27. The molecule has 0 aromatic heterocycles. The molecule has 2 rings (SSSR count). The average Bonchev–Trinajstić information content (AvgIpc) is 2.48. The molecule has 0 aliphatic carbocycles. The van der Waals surface area contributed by atoms with Crippen LogP contribution < -0.4 is 16.0 Å². The molecule has 1 aromatic carbocycles. The largest absolute Gasteiger partial charge is 0.355 e. The second kappa shape index (κ2) is 6.91. The van der Waals surface area contributed by atoms with Crippen LogP contribution in [-0.4, -0.2) is 31.4 Å². The van der Waals surface area contributed by atoms with Crippen molar-refractivity contribution in [3.8, 4) is 0 Å². The molecule has 1 fully saturated rings. The minimum atomic E-state index is -0.272. The fourth-order valence-electron chi connectivity index (χ4n) is 2.55. The van der Waals surface area contributed by atoms with Crippen molar-refractivity contribution < 1.29 is 9.59 Å². The number of benzene rings is 1. The summed E-state index contributed by atoms with van der Waals surface area (Å²) in [6.45, 7) is 2.90. The first-order valence-electron chi connectivity index (χ1n) is 7.07. The molecule has 0 unspecified atom stereocenters. The molecule has 0 spiro atoms. The van der Waals surface area contributed by atoms with Gasteiger partial charge < -0.3 is 16.0 Å². The van der Waals surface area contributed by atoms with E-state index in [1.807, 2.05) is 0 Å². The Morgan fingerprint density at radius 2 is 2.14 bits per heavy atom. The van der Waals surface area contributed by atoms with Gasteiger partial charge in [0.1, 0.15) is 0 Å². The van der Waals surface area contributed by atoms with E-state index in [2.05, 4.69) is 22.9 Å². The highest BCUT2D eigenvalue weighted by molar-refractivity contribution is 6.31. The zero-order valence-electron chi connectivity index (χ0n) is 12.2. The zero-order valence-corrected chi connectivity index (χ0v) is 13.0. The number of carbonyl (C=O) groups excluding carboxylic acids is 2. The van der Waals surface area contributed by atoms with Crippen molar-refractivity contribution in [3.63, 3.8) is 0 Å². The first-order chi connectivity index (χ1) is 10.0. The molecule has 1 saturated heterocycles. The van der Waals surface area contributed by atoms with Gasteiger partial charge in [-0.3, -0.25) is 9.59 Å². The lowest BCUT2D eigenvalue weighted by molar-refractivity contribution is -0.120. The molecule has 1 aliphatic rings. The van der Waals surface area contributed by atoms with Crippen LogP contribution in [0.5, 0.6) is 0 Å². The summed E-state index contributed by atoms with van der Waals surface area (Å²) in [6, 6.07) is 5.21. The maximum Gasteiger partial charge on any atom is 0.253 e. The van der Waals surface area contributed by atoms with E-state index < -0.39 is 0 Å². The normalized spacial score (nSPS) is 21.7. The molecule has 114 valence electrons. The van der Waals surface area contributed by atoms with E-state index >= 15 is 0 Å². The maximum absolute atomic E-state index is 12.4.